The van der Waals surface area contributed by atoms with Gasteiger partial charge >= 0.3 is 6.03 Å². The van der Waals surface area contributed by atoms with Gasteiger partial charge in [0.05, 0.1) is 24.5 Å². The molecule has 2 heterocycles. The minimum Gasteiger partial charge on any atom is -0.322 e. The maximum absolute atomic E-state index is 12.4. The standard InChI is InChI=1S/C18H27N5O/c1-6-15-7-8-16(19-11-15)12-22(5)18(24)21-17-9-10-20-23(17)14(4)13(2)3/h7-11,13-14H,6,12H2,1-5H3,(H,21,24). The molecule has 0 saturated heterocycles. The molecule has 0 radical (unpaired) electrons. The molecule has 0 aliphatic rings. The van der Waals surface area contributed by atoms with Crippen LogP contribution in [0.2, 0.25) is 0 Å². The summed E-state index contributed by atoms with van der Waals surface area (Å²) in [4.78, 5) is 18.4. The van der Waals surface area contributed by atoms with E-state index in [1.807, 2.05) is 29.1 Å². The summed E-state index contributed by atoms with van der Waals surface area (Å²) >= 11 is 0. The van der Waals surface area contributed by atoms with E-state index in [9.17, 15) is 4.79 Å². The number of hydrogen-bond acceptors (Lipinski definition) is 3. The summed E-state index contributed by atoms with van der Waals surface area (Å²) in [7, 11) is 1.76. The SMILES string of the molecule is CCc1ccc(CN(C)C(=O)Nc2ccnn2C(C)C(C)C)nc1. The maximum atomic E-state index is 12.4. The van der Waals surface area contributed by atoms with E-state index in [0.717, 1.165) is 12.1 Å². The Balaban J connectivity index is 2.00. The van der Waals surface area contributed by atoms with Crippen LogP contribution in [0.3, 0.4) is 0 Å². The van der Waals surface area contributed by atoms with Crippen LogP contribution in [0.15, 0.2) is 30.6 Å². The third kappa shape index (κ3) is 4.34. The number of hydrogen-bond donors (Lipinski definition) is 1. The first-order valence-corrected chi connectivity index (χ1v) is 8.41. The van der Waals surface area contributed by atoms with Crippen LogP contribution in [-0.4, -0.2) is 32.7 Å². The van der Waals surface area contributed by atoms with E-state index in [4.69, 9.17) is 0 Å². The molecule has 6 nitrogen and oxygen atoms in total. The third-order valence-electron chi connectivity index (χ3n) is 4.30. The molecule has 0 aromatic carbocycles. The lowest BCUT2D eigenvalue weighted by Gasteiger charge is -2.21. The first kappa shape index (κ1) is 18.0. The van der Waals surface area contributed by atoms with Crippen molar-refractivity contribution in [3.8, 4) is 0 Å². The number of pyridine rings is 1. The second-order valence-electron chi connectivity index (χ2n) is 6.44. The normalized spacial score (nSPS) is 12.2. The molecule has 6 heteroatoms. The number of nitrogens with zero attached hydrogens (tertiary/aromatic N) is 4. The van der Waals surface area contributed by atoms with Crippen molar-refractivity contribution in [3.05, 3.63) is 41.9 Å². The van der Waals surface area contributed by atoms with Crippen LogP contribution < -0.4 is 5.32 Å². The molecule has 24 heavy (non-hydrogen) atoms. The highest BCUT2D eigenvalue weighted by Crippen LogP contribution is 2.21. The summed E-state index contributed by atoms with van der Waals surface area (Å²) < 4.78 is 1.85. The van der Waals surface area contributed by atoms with Gasteiger partial charge in [-0.3, -0.25) is 10.3 Å². The van der Waals surface area contributed by atoms with Crippen molar-refractivity contribution in [3.63, 3.8) is 0 Å². The number of aryl methyl sites for hydroxylation is 1. The van der Waals surface area contributed by atoms with Crippen molar-refractivity contribution >= 4 is 11.8 Å². The van der Waals surface area contributed by atoms with E-state index in [-0.39, 0.29) is 12.1 Å². The van der Waals surface area contributed by atoms with Gasteiger partial charge in [-0.2, -0.15) is 5.10 Å². The number of urea groups is 1. The van der Waals surface area contributed by atoms with Crippen LogP contribution in [0.4, 0.5) is 10.6 Å². The molecule has 2 rings (SSSR count). The molecule has 0 bridgehead atoms. The molecule has 0 spiro atoms. The fraction of sp³-hybridized carbons (Fsp3) is 0.500. The van der Waals surface area contributed by atoms with Gasteiger partial charge in [0.2, 0.25) is 0 Å². The second kappa shape index (κ2) is 7.95. The molecule has 2 aromatic rings. The molecule has 0 fully saturated rings. The van der Waals surface area contributed by atoms with Crippen LogP contribution >= 0.6 is 0 Å². The lowest BCUT2D eigenvalue weighted by molar-refractivity contribution is 0.219. The van der Waals surface area contributed by atoms with Crippen molar-refractivity contribution in [2.75, 3.05) is 12.4 Å². The molecule has 1 unspecified atom stereocenters. The summed E-state index contributed by atoms with van der Waals surface area (Å²) in [5.41, 5.74) is 2.06. The fourth-order valence-corrected chi connectivity index (χ4v) is 2.30. The number of carbonyl (C=O) groups excluding carboxylic acids is 1. The monoisotopic (exact) mass is 329 g/mol. The largest absolute Gasteiger partial charge is 0.323 e. The summed E-state index contributed by atoms with van der Waals surface area (Å²) in [5.74, 6) is 1.14. The average Bonchev–Trinajstić information content (AvgIpc) is 3.02. The lowest BCUT2D eigenvalue weighted by Crippen LogP contribution is -2.32. The van der Waals surface area contributed by atoms with Gasteiger partial charge in [0, 0.05) is 19.3 Å². The molecule has 0 aliphatic carbocycles. The molecule has 2 amide bonds. The second-order valence-corrected chi connectivity index (χ2v) is 6.44. The van der Waals surface area contributed by atoms with E-state index in [1.54, 1.807) is 18.1 Å². The summed E-state index contributed by atoms with van der Waals surface area (Å²) in [5, 5.41) is 7.25. The van der Waals surface area contributed by atoms with Crippen molar-refractivity contribution < 1.29 is 4.79 Å². The number of carbonyl (C=O) groups is 1. The Morgan fingerprint density at radius 2 is 2.04 bits per heavy atom. The van der Waals surface area contributed by atoms with E-state index >= 15 is 0 Å². The Bertz CT molecular complexity index is 662. The predicted octanol–water partition coefficient (Wildman–Crippen LogP) is 3.72. The molecule has 1 atom stereocenters. The Morgan fingerprint density at radius 3 is 2.62 bits per heavy atom. The Morgan fingerprint density at radius 1 is 1.29 bits per heavy atom. The van der Waals surface area contributed by atoms with E-state index in [1.165, 1.54) is 5.56 Å². The van der Waals surface area contributed by atoms with E-state index in [0.29, 0.717) is 18.3 Å². The number of nitrogens with one attached hydrogen (secondary N) is 1. The zero-order valence-corrected chi connectivity index (χ0v) is 15.2. The Labute approximate surface area is 143 Å². The van der Waals surface area contributed by atoms with E-state index in [2.05, 4.69) is 43.1 Å². The molecular formula is C18H27N5O. The first-order valence-electron chi connectivity index (χ1n) is 8.41. The van der Waals surface area contributed by atoms with Gasteiger partial charge in [0.1, 0.15) is 5.82 Å². The van der Waals surface area contributed by atoms with E-state index < -0.39 is 0 Å². The van der Waals surface area contributed by atoms with Crippen LogP contribution in [0, 0.1) is 5.92 Å². The van der Waals surface area contributed by atoms with Crippen LogP contribution in [-0.2, 0) is 13.0 Å². The Hall–Kier alpha value is -2.37. The van der Waals surface area contributed by atoms with Gasteiger partial charge in [-0.05, 0) is 30.9 Å². The number of anilines is 1. The zero-order valence-electron chi connectivity index (χ0n) is 15.2. The molecule has 1 N–H and O–H groups in total. The van der Waals surface area contributed by atoms with Gasteiger partial charge in [-0.1, -0.05) is 26.8 Å². The maximum Gasteiger partial charge on any atom is 0.323 e. The summed E-state index contributed by atoms with van der Waals surface area (Å²) in [6.07, 6.45) is 4.53. The van der Waals surface area contributed by atoms with Crippen molar-refractivity contribution in [2.45, 2.75) is 46.7 Å². The van der Waals surface area contributed by atoms with Crippen LogP contribution in [0.1, 0.15) is 45.0 Å². The van der Waals surface area contributed by atoms with Gasteiger partial charge in [0.15, 0.2) is 0 Å². The smallest absolute Gasteiger partial charge is 0.322 e. The fourth-order valence-electron chi connectivity index (χ4n) is 2.30. The highest BCUT2D eigenvalue weighted by atomic mass is 16.2. The minimum absolute atomic E-state index is 0.172. The summed E-state index contributed by atoms with van der Waals surface area (Å²) in [6, 6.07) is 5.87. The molecule has 2 aromatic heterocycles. The summed E-state index contributed by atoms with van der Waals surface area (Å²) in [6.45, 7) is 8.92. The molecular weight excluding hydrogens is 302 g/mol. The molecule has 0 aliphatic heterocycles. The highest BCUT2D eigenvalue weighted by Gasteiger charge is 2.17. The Kier molecular flexibility index (Phi) is 5.95. The van der Waals surface area contributed by atoms with Gasteiger partial charge in [-0.25, -0.2) is 9.48 Å². The quantitative estimate of drug-likeness (QED) is 0.878. The average molecular weight is 329 g/mol. The van der Waals surface area contributed by atoms with Gasteiger partial charge in [0.25, 0.3) is 0 Å². The lowest BCUT2D eigenvalue weighted by atomic mass is 10.1. The van der Waals surface area contributed by atoms with Gasteiger partial charge in [-0.15, -0.1) is 0 Å². The van der Waals surface area contributed by atoms with Crippen molar-refractivity contribution in [2.24, 2.45) is 5.92 Å². The third-order valence-corrected chi connectivity index (χ3v) is 4.30. The predicted molar refractivity (Wildman–Crippen MR) is 95.9 cm³/mol. The number of rotatable bonds is 6. The molecule has 0 saturated carbocycles. The van der Waals surface area contributed by atoms with Crippen LogP contribution in [0.5, 0.6) is 0 Å². The molecule has 130 valence electrons. The topological polar surface area (TPSA) is 63.1 Å². The first-order chi connectivity index (χ1) is 11.4. The highest BCUT2D eigenvalue weighted by molar-refractivity contribution is 5.88. The van der Waals surface area contributed by atoms with Gasteiger partial charge < -0.3 is 4.90 Å². The number of aromatic nitrogens is 3. The zero-order chi connectivity index (χ0) is 17.7. The minimum atomic E-state index is -0.172. The van der Waals surface area contributed by atoms with Crippen molar-refractivity contribution in [1.29, 1.82) is 0 Å². The number of amides is 2. The van der Waals surface area contributed by atoms with Crippen molar-refractivity contribution in [1.82, 2.24) is 19.7 Å². The van der Waals surface area contributed by atoms with Crippen LogP contribution in [0.25, 0.3) is 0 Å².